The second kappa shape index (κ2) is 4.61. The molecule has 0 spiro atoms. The topological polar surface area (TPSA) is 54.4 Å². The Morgan fingerprint density at radius 3 is 2.77 bits per heavy atom. The number of aliphatic hydroxyl groups is 1. The normalized spacial score (nSPS) is 27.1. The second-order valence-corrected chi connectivity index (χ2v) is 5.81. The summed E-state index contributed by atoms with van der Waals surface area (Å²) >= 11 is 1.68. The maximum Gasteiger partial charge on any atom is 0.304 e. The molecule has 1 heterocycles. The van der Waals surface area contributed by atoms with Crippen LogP contribution < -0.4 is 0 Å². The molecule has 0 aromatic rings. The van der Waals surface area contributed by atoms with E-state index in [1.54, 1.807) is 11.8 Å². The van der Waals surface area contributed by atoms with E-state index in [2.05, 4.69) is 0 Å². The summed E-state index contributed by atoms with van der Waals surface area (Å²) in [5, 5.41) is 9.38. The maximum atomic E-state index is 12.2. The zero-order valence-electron chi connectivity index (χ0n) is 7.15. The lowest BCUT2D eigenvalue weighted by Crippen LogP contribution is -2.30. The van der Waals surface area contributed by atoms with Crippen LogP contribution in [0.15, 0.2) is 0 Å². The van der Waals surface area contributed by atoms with Gasteiger partial charge in [0, 0.05) is 0 Å². The first-order chi connectivity index (χ1) is 5.99. The molecule has 3 nitrogen and oxygen atoms in total. The quantitative estimate of drug-likeness (QED) is 0.726. The number of rotatable bonds is 3. The van der Waals surface area contributed by atoms with E-state index in [1.807, 2.05) is 0 Å². The van der Waals surface area contributed by atoms with Crippen molar-refractivity contribution in [2.75, 3.05) is 17.3 Å². The van der Waals surface area contributed by atoms with Gasteiger partial charge >= 0.3 is 10.2 Å². The Balaban J connectivity index is 2.42. The molecular formula is C7H13FO3S2. The van der Waals surface area contributed by atoms with Gasteiger partial charge in [0.1, 0.15) is 5.75 Å². The number of halogens is 1. The SMILES string of the molecule is O=S(=O)(F)CC(O)C1CCCSC1. The minimum atomic E-state index is -4.53. The van der Waals surface area contributed by atoms with Crippen LogP contribution in [-0.2, 0) is 10.2 Å². The Kier molecular flexibility index (Phi) is 4.00. The van der Waals surface area contributed by atoms with E-state index in [9.17, 15) is 17.4 Å². The molecule has 1 N–H and O–H groups in total. The van der Waals surface area contributed by atoms with Crippen LogP contribution in [0.3, 0.4) is 0 Å². The van der Waals surface area contributed by atoms with Gasteiger partial charge in [-0.25, -0.2) is 0 Å². The summed E-state index contributed by atoms with van der Waals surface area (Å²) in [4.78, 5) is 0. The predicted molar refractivity (Wildman–Crippen MR) is 51.0 cm³/mol. The summed E-state index contributed by atoms with van der Waals surface area (Å²) in [7, 11) is -4.53. The lowest BCUT2D eigenvalue weighted by Gasteiger charge is -2.24. The standard InChI is InChI=1S/C7H13FO3S2/c8-13(10,11)5-7(9)6-2-1-3-12-4-6/h6-7,9H,1-5H2. The van der Waals surface area contributed by atoms with Gasteiger partial charge in [-0.15, -0.1) is 3.89 Å². The molecule has 0 aromatic heterocycles. The Morgan fingerprint density at radius 2 is 2.31 bits per heavy atom. The van der Waals surface area contributed by atoms with E-state index in [-0.39, 0.29) is 5.92 Å². The van der Waals surface area contributed by atoms with Crippen LogP contribution in [-0.4, -0.2) is 36.9 Å². The molecule has 1 rings (SSSR count). The highest BCUT2D eigenvalue weighted by Crippen LogP contribution is 2.25. The molecule has 6 heteroatoms. The average molecular weight is 228 g/mol. The fraction of sp³-hybridized carbons (Fsp3) is 1.00. The van der Waals surface area contributed by atoms with Gasteiger partial charge in [0.25, 0.3) is 0 Å². The Morgan fingerprint density at radius 1 is 1.62 bits per heavy atom. The molecular weight excluding hydrogens is 215 g/mol. The fourth-order valence-corrected chi connectivity index (χ4v) is 3.32. The lowest BCUT2D eigenvalue weighted by atomic mass is 10.0. The van der Waals surface area contributed by atoms with E-state index >= 15 is 0 Å². The minimum Gasteiger partial charge on any atom is -0.392 e. The molecule has 1 aliphatic heterocycles. The molecule has 0 bridgehead atoms. The third-order valence-electron chi connectivity index (χ3n) is 2.11. The van der Waals surface area contributed by atoms with Crippen LogP contribution in [0.5, 0.6) is 0 Å². The van der Waals surface area contributed by atoms with Crippen molar-refractivity contribution in [1.82, 2.24) is 0 Å². The Hall–Kier alpha value is 0.190. The summed E-state index contributed by atoms with van der Waals surface area (Å²) in [6.07, 6.45) is 0.727. The molecule has 1 saturated heterocycles. The van der Waals surface area contributed by atoms with E-state index in [0.717, 1.165) is 24.3 Å². The zero-order chi connectivity index (χ0) is 9.90. The smallest absolute Gasteiger partial charge is 0.304 e. The number of thioether (sulfide) groups is 1. The van der Waals surface area contributed by atoms with Crippen molar-refractivity contribution in [2.45, 2.75) is 18.9 Å². The number of aliphatic hydroxyl groups excluding tert-OH is 1. The molecule has 0 aromatic carbocycles. The molecule has 0 aliphatic carbocycles. The first-order valence-electron chi connectivity index (χ1n) is 4.17. The molecule has 0 amide bonds. The van der Waals surface area contributed by atoms with Crippen LogP contribution in [0.4, 0.5) is 3.89 Å². The maximum absolute atomic E-state index is 12.2. The van der Waals surface area contributed by atoms with Gasteiger partial charge in [-0.3, -0.25) is 0 Å². The Labute approximate surface area is 81.9 Å². The van der Waals surface area contributed by atoms with Crippen molar-refractivity contribution in [3.63, 3.8) is 0 Å². The van der Waals surface area contributed by atoms with Gasteiger partial charge in [0.15, 0.2) is 0 Å². The van der Waals surface area contributed by atoms with Gasteiger partial charge < -0.3 is 5.11 Å². The highest BCUT2D eigenvalue weighted by Gasteiger charge is 2.26. The largest absolute Gasteiger partial charge is 0.392 e. The summed E-state index contributed by atoms with van der Waals surface area (Å²) < 4.78 is 32.7. The van der Waals surface area contributed by atoms with Crippen LogP contribution >= 0.6 is 11.8 Å². The van der Waals surface area contributed by atoms with Gasteiger partial charge in [-0.1, -0.05) is 0 Å². The van der Waals surface area contributed by atoms with Crippen LogP contribution in [0.2, 0.25) is 0 Å². The summed E-state index contributed by atoms with van der Waals surface area (Å²) in [6, 6.07) is 0. The number of hydrogen-bond acceptors (Lipinski definition) is 4. The van der Waals surface area contributed by atoms with Crippen molar-refractivity contribution >= 4 is 22.0 Å². The van der Waals surface area contributed by atoms with E-state index in [0.29, 0.717) is 0 Å². The highest BCUT2D eigenvalue weighted by atomic mass is 32.3. The third kappa shape index (κ3) is 4.28. The van der Waals surface area contributed by atoms with Crippen LogP contribution in [0.25, 0.3) is 0 Å². The van der Waals surface area contributed by atoms with Crippen molar-refractivity contribution in [3.05, 3.63) is 0 Å². The molecule has 1 aliphatic rings. The van der Waals surface area contributed by atoms with E-state index < -0.39 is 22.1 Å². The van der Waals surface area contributed by atoms with Crippen LogP contribution in [0.1, 0.15) is 12.8 Å². The summed E-state index contributed by atoms with van der Waals surface area (Å²) in [5.74, 6) is 0.963. The zero-order valence-corrected chi connectivity index (χ0v) is 8.78. The number of hydrogen-bond donors (Lipinski definition) is 1. The van der Waals surface area contributed by atoms with E-state index in [1.165, 1.54) is 0 Å². The van der Waals surface area contributed by atoms with Crippen molar-refractivity contribution in [3.8, 4) is 0 Å². The summed E-state index contributed by atoms with van der Waals surface area (Å²) in [5.41, 5.74) is 0. The Bertz CT molecular complexity index is 246. The first-order valence-corrected chi connectivity index (χ1v) is 6.88. The van der Waals surface area contributed by atoms with Gasteiger partial charge in [-0.2, -0.15) is 20.2 Å². The molecule has 2 atom stereocenters. The van der Waals surface area contributed by atoms with Gasteiger partial charge in [0.05, 0.1) is 6.10 Å². The first kappa shape index (κ1) is 11.3. The molecule has 78 valence electrons. The van der Waals surface area contributed by atoms with Crippen LogP contribution in [0, 0.1) is 5.92 Å². The van der Waals surface area contributed by atoms with Crippen molar-refractivity contribution in [1.29, 1.82) is 0 Å². The van der Waals surface area contributed by atoms with Crippen molar-refractivity contribution in [2.24, 2.45) is 5.92 Å². The fourth-order valence-electron chi connectivity index (χ4n) is 1.41. The van der Waals surface area contributed by atoms with E-state index in [4.69, 9.17) is 0 Å². The molecule has 13 heavy (non-hydrogen) atoms. The average Bonchev–Trinajstić information content (AvgIpc) is 2.03. The molecule has 0 radical (unpaired) electrons. The summed E-state index contributed by atoms with van der Waals surface area (Å²) in [6.45, 7) is 0. The second-order valence-electron chi connectivity index (χ2n) is 3.25. The van der Waals surface area contributed by atoms with Crippen molar-refractivity contribution < 1.29 is 17.4 Å². The van der Waals surface area contributed by atoms with Gasteiger partial charge in [0.2, 0.25) is 0 Å². The van der Waals surface area contributed by atoms with Gasteiger partial charge in [-0.05, 0) is 30.3 Å². The monoisotopic (exact) mass is 228 g/mol. The predicted octanol–water partition coefficient (Wildman–Crippen LogP) is 0.790. The third-order valence-corrected chi connectivity index (χ3v) is 4.09. The molecule has 0 saturated carbocycles. The lowest BCUT2D eigenvalue weighted by molar-refractivity contribution is 0.132. The minimum absolute atomic E-state index is 0.0655. The molecule has 2 unspecified atom stereocenters. The highest BCUT2D eigenvalue weighted by molar-refractivity contribution is 7.99. The molecule has 1 fully saturated rings.